The number of urea groups is 1. The lowest BCUT2D eigenvalue weighted by molar-refractivity contribution is -0.131. The van der Waals surface area contributed by atoms with E-state index in [0.717, 1.165) is 15.6 Å². The van der Waals surface area contributed by atoms with Crippen LogP contribution in [-0.4, -0.2) is 63.7 Å². The quantitative estimate of drug-likeness (QED) is 0.798. The first-order chi connectivity index (χ1) is 11.0. The Kier molecular flexibility index (Phi) is 4.03. The number of aromatic nitrogens is 2. The second-order valence-corrected chi connectivity index (χ2v) is 6.31. The van der Waals surface area contributed by atoms with Crippen molar-refractivity contribution >= 4 is 34.1 Å². The van der Waals surface area contributed by atoms with Crippen LogP contribution in [0.1, 0.15) is 12.1 Å². The summed E-state index contributed by atoms with van der Waals surface area (Å²) in [5.41, 5.74) is 0.904. The van der Waals surface area contributed by atoms with Gasteiger partial charge in [0.25, 0.3) is 5.91 Å². The van der Waals surface area contributed by atoms with E-state index in [9.17, 15) is 14.4 Å². The van der Waals surface area contributed by atoms with Gasteiger partial charge < -0.3 is 10.2 Å². The number of hydrogen-bond acceptors (Lipinski definition) is 5. The van der Waals surface area contributed by atoms with Crippen molar-refractivity contribution in [2.45, 2.75) is 18.9 Å². The lowest BCUT2D eigenvalue weighted by atomic mass is 10.2. The van der Waals surface area contributed by atoms with Crippen LogP contribution in [0, 0.1) is 0 Å². The van der Waals surface area contributed by atoms with Gasteiger partial charge in [0.15, 0.2) is 4.96 Å². The summed E-state index contributed by atoms with van der Waals surface area (Å²) in [6.07, 6.45) is 4.46. The maximum absolute atomic E-state index is 12.0. The van der Waals surface area contributed by atoms with Gasteiger partial charge in [-0.25, -0.2) is 9.78 Å². The molecular weight excluding hydrogens is 318 g/mol. The predicted octanol–water partition coefficient (Wildman–Crippen LogP) is 0.337. The molecule has 1 fully saturated rings. The third-order valence-electron chi connectivity index (χ3n) is 3.90. The molecule has 3 rings (SSSR count). The highest BCUT2D eigenvalue weighted by Crippen LogP contribution is 2.16. The number of likely N-dealkylation sites (N-methyl/N-ethyl adjacent to an activating group) is 2. The molecule has 9 heteroatoms. The molecule has 3 heterocycles. The Morgan fingerprint density at radius 2 is 2.17 bits per heavy atom. The van der Waals surface area contributed by atoms with E-state index < -0.39 is 6.04 Å². The molecule has 1 aliphatic heterocycles. The van der Waals surface area contributed by atoms with E-state index in [1.54, 1.807) is 11.3 Å². The number of nitrogens with zero attached hydrogens (tertiary/aromatic N) is 4. The van der Waals surface area contributed by atoms with Gasteiger partial charge in [0.2, 0.25) is 5.91 Å². The van der Waals surface area contributed by atoms with Crippen molar-refractivity contribution in [3.8, 4) is 0 Å². The third-order valence-corrected chi connectivity index (χ3v) is 4.67. The topological polar surface area (TPSA) is 87.0 Å². The molecule has 4 amide bonds. The van der Waals surface area contributed by atoms with Crippen molar-refractivity contribution in [2.75, 3.05) is 20.6 Å². The fourth-order valence-electron chi connectivity index (χ4n) is 2.55. The van der Waals surface area contributed by atoms with Crippen LogP contribution in [0.25, 0.3) is 4.96 Å². The Morgan fingerprint density at radius 3 is 2.83 bits per heavy atom. The van der Waals surface area contributed by atoms with E-state index in [2.05, 4.69) is 10.3 Å². The molecule has 0 saturated carbocycles. The molecule has 1 saturated heterocycles. The molecule has 1 N–H and O–H groups in total. The van der Waals surface area contributed by atoms with Crippen molar-refractivity contribution in [2.24, 2.45) is 0 Å². The summed E-state index contributed by atoms with van der Waals surface area (Å²) in [5, 5.41) is 4.73. The maximum Gasteiger partial charge on any atom is 0.326 e. The van der Waals surface area contributed by atoms with Crippen molar-refractivity contribution in [3.05, 3.63) is 23.5 Å². The zero-order chi connectivity index (χ0) is 16.6. The van der Waals surface area contributed by atoms with E-state index in [-0.39, 0.29) is 24.3 Å². The van der Waals surface area contributed by atoms with Crippen LogP contribution < -0.4 is 5.32 Å². The lowest BCUT2D eigenvalue weighted by Gasteiger charge is -2.15. The van der Waals surface area contributed by atoms with Crippen LogP contribution in [0.3, 0.4) is 0 Å². The van der Waals surface area contributed by atoms with Crippen LogP contribution in [0.4, 0.5) is 4.79 Å². The summed E-state index contributed by atoms with van der Waals surface area (Å²) in [6, 6.07) is -1.10. The van der Waals surface area contributed by atoms with Crippen molar-refractivity contribution < 1.29 is 14.4 Å². The maximum atomic E-state index is 12.0. The predicted molar refractivity (Wildman–Crippen MR) is 84.1 cm³/mol. The zero-order valence-electron chi connectivity index (χ0n) is 12.9. The van der Waals surface area contributed by atoms with Crippen LogP contribution in [0.15, 0.2) is 17.8 Å². The molecule has 0 bridgehead atoms. The van der Waals surface area contributed by atoms with Crippen molar-refractivity contribution in [1.29, 1.82) is 0 Å². The molecule has 0 unspecified atom stereocenters. The Morgan fingerprint density at radius 1 is 1.39 bits per heavy atom. The molecule has 0 aliphatic carbocycles. The van der Waals surface area contributed by atoms with Gasteiger partial charge in [-0.2, -0.15) is 0 Å². The van der Waals surface area contributed by atoms with Crippen LogP contribution >= 0.6 is 11.3 Å². The SMILES string of the molecule is CN1C(=O)[C@@H](CC(=O)NCCc2cn3ccsc3n2)N(C)C1=O. The molecule has 23 heavy (non-hydrogen) atoms. The highest BCUT2D eigenvalue weighted by atomic mass is 32.1. The molecule has 1 atom stereocenters. The Hall–Kier alpha value is -2.42. The Bertz CT molecular complexity index is 739. The molecule has 0 radical (unpaired) electrons. The second kappa shape index (κ2) is 5.99. The van der Waals surface area contributed by atoms with E-state index in [4.69, 9.17) is 0 Å². The minimum absolute atomic E-state index is 0.0241. The minimum Gasteiger partial charge on any atom is -0.356 e. The summed E-state index contributed by atoms with van der Waals surface area (Å²) < 4.78 is 1.94. The second-order valence-electron chi connectivity index (χ2n) is 5.44. The zero-order valence-corrected chi connectivity index (χ0v) is 13.7. The standard InChI is InChI=1S/C14H17N5O3S/c1-17-10(12(21)18(2)14(17)22)7-11(20)15-4-3-9-8-19-5-6-23-13(19)16-9/h5-6,8,10H,3-4,7H2,1-2H3,(H,15,20)/t10-/m1/s1. The highest BCUT2D eigenvalue weighted by molar-refractivity contribution is 7.15. The summed E-state index contributed by atoms with van der Waals surface area (Å²) in [4.78, 5) is 43.2. The normalized spacial score (nSPS) is 18.3. The summed E-state index contributed by atoms with van der Waals surface area (Å²) in [6.45, 7) is 0.443. The number of fused-ring (bicyclic) bond motifs is 1. The number of imidazole rings is 1. The van der Waals surface area contributed by atoms with Crippen LogP contribution in [-0.2, 0) is 16.0 Å². The monoisotopic (exact) mass is 335 g/mol. The fourth-order valence-corrected chi connectivity index (χ4v) is 3.27. The van der Waals surface area contributed by atoms with E-state index >= 15 is 0 Å². The largest absolute Gasteiger partial charge is 0.356 e. The first kappa shape index (κ1) is 15.5. The molecule has 122 valence electrons. The van der Waals surface area contributed by atoms with Crippen molar-refractivity contribution in [1.82, 2.24) is 24.5 Å². The van der Waals surface area contributed by atoms with Gasteiger partial charge in [-0.05, 0) is 0 Å². The van der Waals surface area contributed by atoms with Gasteiger partial charge in [-0.15, -0.1) is 11.3 Å². The minimum atomic E-state index is -0.717. The van der Waals surface area contributed by atoms with Gasteiger partial charge in [0, 0.05) is 44.8 Å². The van der Waals surface area contributed by atoms with Gasteiger partial charge in [0.1, 0.15) is 6.04 Å². The van der Waals surface area contributed by atoms with Crippen LogP contribution in [0.2, 0.25) is 0 Å². The van der Waals surface area contributed by atoms with Gasteiger partial charge in [-0.3, -0.25) is 18.9 Å². The number of carbonyl (C=O) groups excluding carboxylic acids is 3. The lowest BCUT2D eigenvalue weighted by Crippen LogP contribution is -2.37. The molecule has 0 spiro atoms. The van der Waals surface area contributed by atoms with Crippen molar-refractivity contribution in [3.63, 3.8) is 0 Å². The number of amides is 4. The smallest absolute Gasteiger partial charge is 0.326 e. The molecule has 0 aromatic carbocycles. The number of carbonyl (C=O) groups is 3. The summed E-state index contributed by atoms with van der Waals surface area (Å²) >= 11 is 1.55. The Balaban J connectivity index is 1.49. The molecule has 2 aromatic heterocycles. The summed E-state index contributed by atoms with van der Waals surface area (Å²) in [5.74, 6) is -0.596. The summed E-state index contributed by atoms with van der Waals surface area (Å²) in [7, 11) is 2.95. The number of thiazole rings is 1. The average Bonchev–Trinajstić information content (AvgIpc) is 3.14. The van der Waals surface area contributed by atoms with Gasteiger partial charge in [0.05, 0.1) is 12.1 Å². The highest BCUT2D eigenvalue weighted by Gasteiger charge is 2.41. The third kappa shape index (κ3) is 2.91. The Labute approximate surface area is 136 Å². The molecule has 8 nitrogen and oxygen atoms in total. The van der Waals surface area contributed by atoms with E-state index in [1.807, 2.05) is 22.2 Å². The molecule has 1 aliphatic rings. The van der Waals surface area contributed by atoms with E-state index in [0.29, 0.717) is 13.0 Å². The van der Waals surface area contributed by atoms with E-state index in [1.165, 1.54) is 19.0 Å². The molecular formula is C14H17N5O3S. The first-order valence-electron chi connectivity index (χ1n) is 7.19. The number of nitrogens with one attached hydrogen (secondary N) is 1. The van der Waals surface area contributed by atoms with Gasteiger partial charge >= 0.3 is 6.03 Å². The van der Waals surface area contributed by atoms with Gasteiger partial charge in [-0.1, -0.05) is 0 Å². The number of imide groups is 1. The first-order valence-corrected chi connectivity index (χ1v) is 8.07. The molecule has 2 aromatic rings. The van der Waals surface area contributed by atoms with Crippen LogP contribution in [0.5, 0.6) is 0 Å². The fraction of sp³-hybridized carbons (Fsp3) is 0.429. The number of hydrogen-bond donors (Lipinski definition) is 1. The number of rotatable bonds is 5. The average molecular weight is 335 g/mol.